The summed E-state index contributed by atoms with van der Waals surface area (Å²) >= 11 is 3.14. The lowest BCUT2D eigenvalue weighted by Crippen LogP contribution is -2.46. The van der Waals surface area contributed by atoms with Crippen molar-refractivity contribution in [1.29, 1.82) is 0 Å². The number of rotatable bonds is 8. The normalized spacial score (nSPS) is 25.5. The van der Waals surface area contributed by atoms with Gasteiger partial charge in [0.2, 0.25) is 0 Å². The second-order valence-electron chi connectivity index (χ2n) is 11.1. The third-order valence-electron chi connectivity index (χ3n) is 7.75. The fourth-order valence-corrected chi connectivity index (χ4v) is 8.01. The Morgan fingerprint density at radius 3 is 1.39 bits per heavy atom. The van der Waals surface area contributed by atoms with Crippen LogP contribution >= 0.6 is 23.5 Å². The Balaban J connectivity index is 1.30. The number of aromatic nitrogens is 2. The molecule has 2 aliphatic rings. The molecule has 0 aliphatic carbocycles. The molecule has 2 amide bonds. The molecule has 1 aromatic heterocycles. The number of hydrogen-bond donors (Lipinski definition) is 2. The number of hydrogen-bond acceptors (Lipinski definition) is 8. The zero-order valence-electron chi connectivity index (χ0n) is 25.0. The Bertz CT molecular complexity index is 1620. The van der Waals surface area contributed by atoms with Crippen LogP contribution in [0.15, 0.2) is 97.1 Å². The van der Waals surface area contributed by atoms with E-state index in [1.165, 1.54) is 0 Å². The first-order chi connectivity index (χ1) is 21.2. The van der Waals surface area contributed by atoms with E-state index in [9.17, 15) is 9.59 Å². The van der Waals surface area contributed by atoms with Gasteiger partial charge in [-0.3, -0.25) is 20.4 Å². The number of anilines is 2. The van der Waals surface area contributed by atoms with Crippen molar-refractivity contribution in [2.24, 2.45) is 0 Å². The van der Waals surface area contributed by atoms with Gasteiger partial charge in [0, 0.05) is 10.8 Å². The molecule has 44 heavy (non-hydrogen) atoms. The van der Waals surface area contributed by atoms with Gasteiger partial charge >= 0.3 is 0 Å². The highest BCUT2D eigenvalue weighted by atomic mass is 32.2. The Hall–Kier alpha value is -4.28. The lowest BCUT2D eigenvalue weighted by Gasteiger charge is -2.33. The van der Waals surface area contributed by atoms with Crippen LogP contribution in [0.3, 0.4) is 0 Å². The minimum absolute atomic E-state index is 0.0436. The Labute approximate surface area is 265 Å². The van der Waals surface area contributed by atoms with Gasteiger partial charge in [-0.15, -0.1) is 33.7 Å². The third-order valence-corrected chi connectivity index (χ3v) is 10.4. The molecule has 2 aliphatic heterocycles. The van der Waals surface area contributed by atoms with Crippen molar-refractivity contribution in [2.75, 3.05) is 10.9 Å². The zero-order chi connectivity index (χ0) is 30.9. The Kier molecular flexibility index (Phi) is 8.13. The van der Waals surface area contributed by atoms with Gasteiger partial charge in [-0.2, -0.15) is 0 Å². The van der Waals surface area contributed by atoms with Crippen molar-refractivity contribution in [3.63, 3.8) is 0 Å². The summed E-state index contributed by atoms with van der Waals surface area (Å²) in [6.45, 7) is 7.85. The minimum Gasteiger partial charge on any atom is -0.276 e. The van der Waals surface area contributed by atoms with E-state index in [4.69, 9.17) is 0 Å². The molecule has 3 aromatic carbocycles. The first kappa shape index (κ1) is 29.8. The summed E-state index contributed by atoms with van der Waals surface area (Å²) in [6, 6.07) is 27.7. The van der Waals surface area contributed by atoms with Crippen molar-refractivity contribution in [3.05, 3.63) is 108 Å². The fourth-order valence-electron chi connectivity index (χ4n) is 5.39. The van der Waals surface area contributed by atoms with E-state index in [2.05, 4.69) is 21.0 Å². The van der Waals surface area contributed by atoms with Crippen molar-refractivity contribution < 1.29 is 9.59 Å². The number of thioether (sulfide) groups is 2. The SMILES string of the molecule is CC1SC(C)(/C=C/c2ccccc2)N(Nc2nnc(NN3C(=O)C(C)SC3(C)/C=C/c3ccccc3)c3ccccc23)C1=O. The molecule has 0 bridgehead atoms. The summed E-state index contributed by atoms with van der Waals surface area (Å²) in [5.41, 5.74) is 8.70. The molecule has 6 rings (SSSR count). The second-order valence-corrected chi connectivity index (χ2v) is 14.7. The van der Waals surface area contributed by atoms with Gasteiger partial charge in [-0.25, -0.2) is 10.0 Å². The van der Waals surface area contributed by atoms with Crippen LogP contribution in [0, 0.1) is 0 Å². The van der Waals surface area contributed by atoms with Crippen molar-refractivity contribution in [3.8, 4) is 0 Å². The predicted octanol–water partition coefficient (Wildman–Crippen LogP) is 7.07. The van der Waals surface area contributed by atoms with Crippen LogP contribution in [-0.2, 0) is 9.59 Å². The first-order valence-corrected chi connectivity index (χ1v) is 16.2. The van der Waals surface area contributed by atoms with E-state index in [0.717, 1.165) is 21.9 Å². The summed E-state index contributed by atoms with van der Waals surface area (Å²) in [5.74, 6) is 0.822. The number of amides is 2. The maximum absolute atomic E-state index is 13.4. The third kappa shape index (κ3) is 5.79. The molecule has 4 aromatic rings. The molecule has 0 spiro atoms. The van der Waals surface area contributed by atoms with E-state index in [-0.39, 0.29) is 22.3 Å². The summed E-state index contributed by atoms with van der Waals surface area (Å²) in [7, 11) is 0. The van der Waals surface area contributed by atoms with Gasteiger partial charge in [0.1, 0.15) is 9.74 Å². The monoisotopic (exact) mass is 622 g/mol. The molecule has 10 heteroatoms. The van der Waals surface area contributed by atoms with Crippen molar-refractivity contribution in [1.82, 2.24) is 20.2 Å². The highest BCUT2D eigenvalue weighted by Crippen LogP contribution is 2.44. The molecular weight excluding hydrogens is 589 g/mol. The standard InChI is InChI=1S/C34H34N6O2S2/c1-23-31(41)39(33(3,43-23)21-19-25-13-7-5-8-14-25)37-29-27-17-11-12-18-28(27)30(36-35-29)38-40-32(42)24(2)44-34(40,4)22-20-26-15-9-6-10-16-26/h5-24H,1-4H3,(H,35,37)(H,36,38)/b21-19+,22-20+. The minimum atomic E-state index is -0.658. The number of fused-ring (bicyclic) bond motifs is 1. The first-order valence-electron chi connectivity index (χ1n) is 14.5. The number of benzene rings is 3. The van der Waals surface area contributed by atoms with E-state index in [1.807, 2.05) is 137 Å². The number of carbonyl (C=O) groups is 2. The molecule has 2 fully saturated rings. The summed E-state index contributed by atoms with van der Waals surface area (Å²) < 4.78 is 0. The summed E-state index contributed by atoms with van der Waals surface area (Å²) in [5, 5.41) is 13.4. The largest absolute Gasteiger partial charge is 0.276 e. The van der Waals surface area contributed by atoms with Gasteiger partial charge in [0.15, 0.2) is 11.6 Å². The quantitative estimate of drug-likeness (QED) is 0.216. The Morgan fingerprint density at radius 2 is 1.00 bits per heavy atom. The molecular formula is C34H34N6O2S2. The molecule has 8 nitrogen and oxygen atoms in total. The molecule has 224 valence electrons. The molecule has 2 N–H and O–H groups in total. The second kappa shape index (κ2) is 12.0. The molecule has 4 unspecified atom stereocenters. The van der Waals surface area contributed by atoms with Crippen LogP contribution in [0.25, 0.3) is 22.9 Å². The van der Waals surface area contributed by atoms with E-state index in [1.54, 1.807) is 33.5 Å². The van der Waals surface area contributed by atoms with E-state index < -0.39 is 9.74 Å². The number of nitrogens with one attached hydrogen (secondary N) is 2. The Morgan fingerprint density at radius 1 is 0.636 bits per heavy atom. The summed E-state index contributed by atoms with van der Waals surface area (Å²) in [6.07, 6.45) is 8.13. The average molecular weight is 623 g/mol. The van der Waals surface area contributed by atoms with Crippen LogP contribution in [-0.4, -0.2) is 52.3 Å². The van der Waals surface area contributed by atoms with Crippen LogP contribution in [0.5, 0.6) is 0 Å². The van der Waals surface area contributed by atoms with Gasteiger partial charge in [0.25, 0.3) is 11.8 Å². The van der Waals surface area contributed by atoms with Gasteiger partial charge in [-0.05, 0) is 51.0 Å². The van der Waals surface area contributed by atoms with Crippen LogP contribution in [0.4, 0.5) is 11.6 Å². The lowest BCUT2D eigenvalue weighted by atomic mass is 10.1. The van der Waals surface area contributed by atoms with Gasteiger partial charge < -0.3 is 0 Å². The predicted molar refractivity (Wildman–Crippen MR) is 182 cm³/mol. The van der Waals surface area contributed by atoms with Crippen LogP contribution in [0.2, 0.25) is 0 Å². The highest BCUT2D eigenvalue weighted by Gasteiger charge is 2.47. The van der Waals surface area contributed by atoms with Gasteiger partial charge in [0.05, 0.1) is 10.5 Å². The van der Waals surface area contributed by atoms with E-state index >= 15 is 0 Å². The molecule has 2 saturated heterocycles. The smallest absolute Gasteiger partial charge is 0.255 e. The van der Waals surface area contributed by atoms with Crippen LogP contribution in [0.1, 0.15) is 38.8 Å². The topological polar surface area (TPSA) is 90.5 Å². The maximum atomic E-state index is 13.4. The molecule has 3 heterocycles. The van der Waals surface area contributed by atoms with Crippen molar-refractivity contribution in [2.45, 2.75) is 47.9 Å². The van der Waals surface area contributed by atoms with Crippen LogP contribution < -0.4 is 10.9 Å². The molecule has 4 atom stereocenters. The molecule has 0 radical (unpaired) electrons. The molecule has 0 saturated carbocycles. The average Bonchev–Trinajstić information content (AvgIpc) is 3.39. The number of carbonyl (C=O) groups excluding carboxylic acids is 2. The highest BCUT2D eigenvalue weighted by molar-refractivity contribution is 8.02. The zero-order valence-corrected chi connectivity index (χ0v) is 26.6. The van der Waals surface area contributed by atoms with Gasteiger partial charge in [-0.1, -0.05) is 97.1 Å². The lowest BCUT2D eigenvalue weighted by molar-refractivity contribution is -0.130. The maximum Gasteiger partial charge on any atom is 0.255 e. The fraction of sp³-hybridized carbons (Fsp3) is 0.235. The number of nitrogens with zero attached hydrogens (tertiary/aromatic N) is 4. The number of hydrazine groups is 2. The van der Waals surface area contributed by atoms with Crippen molar-refractivity contribution >= 4 is 69.9 Å². The van der Waals surface area contributed by atoms with E-state index in [0.29, 0.717) is 11.6 Å². The summed E-state index contributed by atoms with van der Waals surface area (Å²) in [4.78, 5) is 25.4.